The van der Waals surface area contributed by atoms with Gasteiger partial charge in [0.25, 0.3) is 0 Å². The molecule has 0 saturated carbocycles. The topological polar surface area (TPSA) is 81.8 Å². The number of rotatable bonds is 5. The van der Waals surface area contributed by atoms with Crippen LogP contribution in [0.1, 0.15) is 12.5 Å². The summed E-state index contributed by atoms with van der Waals surface area (Å²) in [6.07, 6.45) is 0. The molecule has 5 nitrogen and oxygen atoms in total. The van der Waals surface area contributed by atoms with Crippen LogP contribution in [0.2, 0.25) is 0 Å². The van der Waals surface area contributed by atoms with E-state index in [1.165, 1.54) is 6.92 Å². The Morgan fingerprint density at radius 1 is 1.10 bits per heavy atom. The SMILES string of the molecule is COc1cccc(Oc2cccc(C(C)(N)C(=O)O)c2)c1. The predicted molar refractivity (Wildman–Crippen MR) is 78.7 cm³/mol. The van der Waals surface area contributed by atoms with Crippen molar-refractivity contribution < 1.29 is 19.4 Å². The Kier molecular flexibility index (Phi) is 4.14. The highest BCUT2D eigenvalue weighted by molar-refractivity contribution is 5.80. The van der Waals surface area contributed by atoms with Crippen LogP contribution in [0.25, 0.3) is 0 Å². The summed E-state index contributed by atoms with van der Waals surface area (Å²) in [6.45, 7) is 1.44. The van der Waals surface area contributed by atoms with Crippen LogP contribution in [0.5, 0.6) is 17.2 Å². The Labute approximate surface area is 122 Å². The number of aliphatic carboxylic acids is 1. The van der Waals surface area contributed by atoms with E-state index < -0.39 is 11.5 Å². The smallest absolute Gasteiger partial charge is 0.328 e. The lowest BCUT2D eigenvalue weighted by atomic mass is 9.93. The van der Waals surface area contributed by atoms with E-state index in [0.29, 0.717) is 22.8 Å². The minimum absolute atomic E-state index is 0.468. The Bertz CT molecular complexity index is 652. The molecule has 0 aliphatic heterocycles. The van der Waals surface area contributed by atoms with Crippen LogP contribution in [0.3, 0.4) is 0 Å². The predicted octanol–water partition coefficient (Wildman–Crippen LogP) is 2.75. The van der Waals surface area contributed by atoms with Gasteiger partial charge in [-0.15, -0.1) is 0 Å². The van der Waals surface area contributed by atoms with E-state index in [9.17, 15) is 4.79 Å². The Hall–Kier alpha value is -2.53. The van der Waals surface area contributed by atoms with Crippen LogP contribution in [0.4, 0.5) is 0 Å². The number of carboxylic acid groups (broad SMARTS) is 1. The molecule has 0 fully saturated rings. The number of nitrogens with two attached hydrogens (primary N) is 1. The Balaban J connectivity index is 2.27. The Morgan fingerprint density at radius 3 is 2.29 bits per heavy atom. The third-order valence-corrected chi connectivity index (χ3v) is 3.15. The molecule has 0 aromatic heterocycles. The second-order valence-electron chi connectivity index (χ2n) is 4.82. The quantitative estimate of drug-likeness (QED) is 0.883. The first-order valence-corrected chi connectivity index (χ1v) is 6.38. The van der Waals surface area contributed by atoms with E-state index in [2.05, 4.69) is 0 Å². The summed E-state index contributed by atoms with van der Waals surface area (Å²) in [4.78, 5) is 11.2. The van der Waals surface area contributed by atoms with E-state index in [4.69, 9.17) is 20.3 Å². The maximum absolute atomic E-state index is 11.2. The minimum Gasteiger partial charge on any atom is -0.497 e. The lowest BCUT2D eigenvalue weighted by Gasteiger charge is -2.20. The van der Waals surface area contributed by atoms with Gasteiger partial charge < -0.3 is 20.3 Å². The molecule has 2 rings (SSSR count). The number of benzene rings is 2. The molecule has 1 atom stereocenters. The van der Waals surface area contributed by atoms with Crippen molar-refractivity contribution in [3.63, 3.8) is 0 Å². The second-order valence-corrected chi connectivity index (χ2v) is 4.82. The molecule has 2 aromatic rings. The Morgan fingerprint density at radius 2 is 1.67 bits per heavy atom. The molecule has 3 N–H and O–H groups in total. The molecule has 1 unspecified atom stereocenters. The molecule has 0 aliphatic carbocycles. The van der Waals surface area contributed by atoms with Crippen LogP contribution >= 0.6 is 0 Å². The third kappa shape index (κ3) is 3.32. The largest absolute Gasteiger partial charge is 0.497 e. The lowest BCUT2D eigenvalue weighted by molar-refractivity contribution is -0.143. The first-order valence-electron chi connectivity index (χ1n) is 6.38. The van der Waals surface area contributed by atoms with Gasteiger partial charge in [-0.3, -0.25) is 0 Å². The zero-order valence-corrected chi connectivity index (χ0v) is 11.9. The van der Waals surface area contributed by atoms with Gasteiger partial charge in [-0.25, -0.2) is 4.79 Å². The van der Waals surface area contributed by atoms with Crippen LogP contribution in [0, 0.1) is 0 Å². The van der Waals surface area contributed by atoms with Crippen molar-refractivity contribution in [1.29, 1.82) is 0 Å². The van der Waals surface area contributed by atoms with Gasteiger partial charge in [0.1, 0.15) is 22.8 Å². The average Bonchev–Trinajstić information content (AvgIpc) is 2.47. The fourth-order valence-corrected chi connectivity index (χ4v) is 1.81. The van der Waals surface area contributed by atoms with E-state index >= 15 is 0 Å². The van der Waals surface area contributed by atoms with Crippen molar-refractivity contribution in [2.45, 2.75) is 12.5 Å². The van der Waals surface area contributed by atoms with Gasteiger partial charge in [0.05, 0.1) is 7.11 Å². The molecule has 0 radical (unpaired) electrons. The van der Waals surface area contributed by atoms with Crippen molar-refractivity contribution in [3.05, 3.63) is 54.1 Å². The molecule has 21 heavy (non-hydrogen) atoms. The highest BCUT2D eigenvalue weighted by atomic mass is 16.5. The summed E-state index contributed by atoms with van der Waals surface area (Å²) in [5.74, 6) is 0.693. The number of hydrogen-bond donors (Lipinski definition) is 2. The summed E-state index contributed by atoms with van der Waals surface area (Å²) in [6, 6.07) is 13.9. The molecular weight excluding hydrogens is 270 g/mol. The highest BCUT2D eigenvalue weighted by Gasteiger charge is 2.30. The van der Waals surface area contributed by atoms with Gasteiger partial charge in [-0.2, -0.15) is 0 Å². The first kappa shape index (κ1) is 14.9. The normalized spacial score (nSPS) is 13.3. The summed E-state index contributed by atoms with van der Waals surface area (Å²) < 4.78 is 10.8. The highest BCUT2D eigenvalue weighted by Crippen LogP contribution is 2.28. The van der Waals surface area contributed by atoms with Crippen molar-refractivity contribution in [1.82, 2.24) is 0 Å². The van der Waals surface area contributed by atoms with Crippen molar-refractivity contribution in [3.8, 4) is 17.2 Å². The van der Waals surface area contributed by atoms with Crippen LogP contribution < -0.4 is 15.2 Å². The first-order chi connectivity index (χ1) is 9.93. The van der Waals surface area contributed by atoms with E-state index in [1.54, 1.807) is 43.5 Å². The number of ether oxygens (including phenoxy) is 2. The maximum Gasteiger partial charge on any atom is 0.328 e. The van der Waals surface area contributed by atoms with Crippen molar-refractivity contribution in [2.75, 3.05) is 7.11 Å². The fourth-order valence-electron chi connectivity index (χ4n) is 1.81. The molecular formula is C16H17NO4. The summed E-state index contributed by atoms with van der Waals surface area (Å²) in [5, 5.41) is 9.16. The molecule has 0 saturated heterocycles. The lowest BCUT2D eigenvalue weighted by Crippen LogP contribution is -2.41. The van der Waals surface area contributed by atoms with Crippen molar-refractivity contribution >= 4 is 5.97 Å². The van der Waals surface area contributed by atoms with Gasteiger partial charge >= 0.3 is 5.97 Å². The van der Waals surface area contributed by atoms with E-state index in [1.807, 2.05) is 12.1 Å². The van der Waals surface area contributed by atoms with E-state index in [-0.39, 0.29) is 0 Å². The molecule has 110 valence electrons. The second kappa shape index (κ2) is 5.85. The van der Waals surface area contributed by atoms with Gasteiger partial charge in [0, 0.05) is 6.07 Å². The maximum atomic E-state index is 11.2. The molecule has 0 heterocycles. The molecule has 0 spiro atoms. The summed E-state index contributed by atoms with van der Waals surface area (Å²) >= 11 is 0. The number of methoxy groups -OCH3 is 1. The van der Waals surface area contributed by atoms with Crippen LogP contribution in [0.15, 0.2) is 48.5 Å². The standard InChI is InChI=1S/C16H17NO4/c1-16(17,15(18)19)11-5-3-7-13(9-11)21-14-8-4-6-12(10-14)20-2/h3-10H,17H2,1-2H3,(H,18,19). The zero-order valence-electron chi connectivity index (χ0n) is 11.9. The summed E-state index contributed by atoms with van der Waals surface area (Å²) in [7, 11) is 1.58. The van der Waals surface area contributed by atoms with Crippen molar-refractivity contribution in [2.24, 2.45) is 5.73 Å². The number of carboxylic acids is 1. The summed E-state index contributed by atoms with van der Waals surface area (Å²) in [5.41, 5.74) is 4.82. The zero-order chi connectivity index (χ0) is 15.5. The molecule has 2 aromatic carbocycles. The minimum atomic E-state index is -1.46. The fraction of sp³-hybridized carbons (Fsp3) is 0.188. The number of hydrogen-bond acceptors (Lipinski definition) is 4. The average molecular weight is 287 g/mol. The monoisotopic (exact) mass is 287 g/mol. The van der Waals surface area contributed by atoms with Crippen LogP contribution in [-0.2, 0) is 10.3 Å². The van der Waals surface area contributed by atoms with Gasteiger partial charge in [-0.1, -0.05) is 18.2 Å². The van der Waals surface area contributed by atoms with E-state index in [0.717, 1.165) is 0 Å². The van der Waals surface area contributed by atoms with Gasteiger partial charge in [0.2, 0.25) is 0 Å². The molecule has 0 bridgehead atoms. The third-order valence-electron chi connectivity index (χ3n) is 3.15. The molecule has 0 amide bonds. The van der Waals surface area contributed by atoms with Crippen LogP contribution in [-0.4, -0.2) is 18.2 Å². The number of carbonyl (C=O) groups is 1. The molecule has 5 heteroatoms. The van der Waals surface area contributed by atoms with Gasteiger partial charge in [0.15, 0.2) is 0 Å². The van der Waals surface area contributed by atoms with Gasteiger partial charge in [-0.05, 0) is 36.8 Å². The molecule has 0 aliphatic rings.